The van der Waals surface area contributed by atoms with Crippen LogP contribution in [0.15, 0.2) is 12.1 Å². The zero-order valence-electron chi connectivity index (χ0n) is 9.96. The SMILES string of the molecule is CCc1cc(C)c2nn(C)c(CC)c2c1. The van der Waals surface area contributed by atoms with Crippen LogP contribution in [0.4, 0.5) is 0 Å². The second-order valence-electron chi connectivity index (χ2n) is 4.09. The normalized spacial score (nSPS) is 11.2. The third kappa shape index (κ3) is 1.54. The van der Waals surface area contributed by atoms with Gasteiger partial charge in [-0.1, -0.05) is 19.9 Å². The Morgan fingerprint density at radius 3 is 2.53 bits per heavy atom. The van der Waals surface area contributed by atoms with E-state index in [1.165, 1.54) is 22.2 Å². The Bertz CT molecular complexity index is 495. The number of rotatable bonds is 2. The molecular weight excluding hydrogens is 184 g/mol. The summed E-state index contributed by atoms with van der Waals surface area (Å²) in [4.78, 5) is 0. The lowest BCUT2D eigenvalue weighted by atomic mass is 10.0. The smallest absolute Gasteiger partial charge is 0.0955 e. The van der Waals surface area contributed by atoms with E-state index in [-0.39, 0.29) is 0 Å². The topological polar surface area (TPSA) is 17.8 Å². The summed E-state index contributed by atoms with van der Waals surface area (Å²) in [6.45, 7) is 6.53. The number of fused-ring (bicyclic) bond motifs is 1. The molecule has 0 spiro atoms. The van der Waals surface area contributed by atoms with E-state index in [1.54, 1.807) is 0 Å². The molecule has 0 aliphatic rings. The molecule has 0 fully saturated rings. The van der Waals surface area contributed by atoms with E-state index in [0.29, 0.717) is 0 Å². The van der Waals surface area contributed by atoms with Crippen LogP contribution < -0.4 is 0 Å². The van der Waals surface area contributed by atoms with E-state index in [9.17, 15) is 0 Å². The minimum Gasteiger partial charge on any atom is -0.271 e. The van der Waals surface area contributed by atoms with E-state index >= 15 is 0 Å². The van der Waals surface area contributed by atoms with Gasteiger partial charge in [-0.05, 0) is 37.0 Å². The summed E-state index contributed by atoms with van der Waals surface area (Å²) >= 11 is 0. The molecule has 2 aromatic rings. The first-order valence-corrected chi connectivity index (χ1v) is 5.62. The van der Waals surface area contributed by atoms with Crippen LogP contribution in [-0.2, 0) is 19.9 Å². The number of nitrogens with zero attached hydrogens (tertiary/aromatic N) is 2. The third-order valence-corrected chi connectivity index (χ3v) is 3.05. The molecule has 1 aromatic carbocycles. The highest BCUT2D eigenvalue weighted by molar-refractivity contribution is 5.85. The molecule has 80 valence electrons. The molecule has 0 N–H and O–H groups in total. The van der Waals surface area contributed by atoms with Crippen molar-refractivity contribution < 1.29 is 0 Å². The van der Waals surface area contributed by atoms with Gasteiger partial charge in [-0.2, -0.15) is 5.10 Å². The predicted molar refractivity (Wildman–Crippen MR) is 64.2 cm³/mol. The minimum absolute atomic E-state index is 1.04. The van der Waals surface area contributed by atoms with Crippen LogP contribution >= 0.6 is 0 Å². The van der Waals surface area contributed by atoms with Gasteiger partial charge in [0.15, 0.2) is 0 Å². The van der Waals surface area contributed by atoms with E-state index in [1.807, 2.05) is 11.7 Å². The summed E-state index contributed by atoms with van der Waals surface area (Å²) in [5.41, 5.74) is 5.19. The first-order valence-electron chi connectivity index (χ1n) is 5.62. The molecule has 0 aliphatic heterocycles. The third-order valence-electron chi connectivity index (χ3n) is 3.05. The average molecular weight is 202 g/mol. The molecule has 0 radical (unpaired) electrons. The molecule has 0 saturated carbocycles. The Kier molecular flexibility index (Phi) is 2.51. The Balaban J connectivity index is 2.80. The molecule has 2 rings (SSSR count). The molecule has 0 unspecified atom stereocenters. The fourth-order valence-corrected chi connectivity index (χ4v) is 2.22. The summed E-state index contributed by atoms with van der Waals surface area (Å²) in [7, 11) is 2.03. The molecule has 0 amide bonds. The summed E-state index contributed by atoms with van der Waals surface area (Å²) in [6.07, 6.45) is 2.13. The van der Waals surface area contributed by atoms with Gasteiger partial charge in [0.2, 0.25) is 0 Å². The lowest BCUT2D eigenvalue weighted by Crippen LogP contribution is -1.95. The van der Waals surface area contributed by atoms with Gasteiger partial charge in [0.05, 0.1) is 5.52 Å². The van der Waals surface area contributed by atoms with Crippen molar-refractivity contribution in [2.75, 3.05) is 0 Å². The maximum atomic E-state index is 4.58. The quantitative estimate of drug-likeness (QED) is 0.732. The van der Waals surface area contributed by atoms with Gasteiger partial charge in [-0.15, -0.1) is 0 Å². The molecule has 0 bridgehead atoms. The molecule has 1 heterocycles. The summed E-state index contributed by atoms with van der Waals surface area (Å²) in [5, 5.41) is 5.91. The van der Waals surface area contributed by atoms with Crippen LogP contribution in [0.25, 0.3) is 10.9 Å². The monoisotopic (exact) mass is 202 g/mol. The lowest BCUT2D eigenvalue weighted by Gasteiger charge is -2.01. The summed E-state index contributed by atoms with van der Waals surface area (Å²) in [6, 6.07) is 4.53. The Morgan fingerprint density at radius 1 is 1.20 bits per heavy atom. The Labute approximate surface area is 90.9 Å². The van der Waals surface area contributed by atoms with Gasteiger partial charge in [0, 0.05) is 18.1 Å². The van der Waals surface area contributed by atoms with Gasteiger partial charge in [0.1, 0.15) is 0 Å². The highest BCUT2D eigenvalue weighted by Crippen LogP contribution is 2.23. The van der Waals surface area contributed by atoms with Gasteiger partial charge in [0.25, 0.3) is 0 Å². The molecule has 0 atom stereocenters. The summed E-state index contributed by atoms with van der Waals surface area (Å²) < 4.78 is 2.01. The van der Waals surface area contributed by atoms with Gasteiger partial charge < -0.3 is 0 Å². The minimum atomic E-state index is 1.04. The number of aromatic nitrogens is 2. The fourth-order valence-electron chi connectivity index (χ4n) is 2.22. The molecule has 2 heteroatoms. The first-order chi connectivity index (χ1) is 7.17. The van der Waals surface area contributed by atoms with Crippen LogP contribution in [0.3, 0.4) is 0 Å². The van der Waals surface area contributed by atoms with Crippen molar-refractivity contribution in [2.24, 2.45) is 7.05 Å². The van der Waals surface area contributed by atoms with Gasteiger partial charge >= 0.3 is 0 Å². The molecular formula is C13H18N2. The van der Waals surface area contributed by atoms with Crippen molar-refractivity contribution in [3.63, 3.8) is 0 Å². The van der Waals surface area contributed by atoms with E-state index < -0.39 is 0 Å². The van der Waals surface area contributed by atoms with Crippen LogP contribution in [-0.4, -0.2) is 9.78 Å². The highest BCUT2D eigenvalue weighted by atomic mass is 15.3. The first kappa shape index (κ1) is 10.2. The highest BCUT2D eigenvalue weighted by Gasteiger charge is 2.09. The largest absolute Gasteiger partial charge is 0.271 e. The van der Waals surface area contributed by atoms with Crippen molar-refractivity contribution >= 4 is 10.9 Å². The second-order valence-corrected chi connectivity index (χ2v) is 4.09. The number of hydrogen-bond acceptors (Lipinski definition) is 1. The van der Waals surface area contributed by atoms with Crippen molar-refractivity contribution in [3.05, 3.63) is 29.0 Å². The standard InChI is InChI=1S/C13H18N2/c1-5-10-7-9(3)13-11(8-10)12(6-2)15(4)14-13/h7-8H,5-6H2,1-4H3. The Morgan fingerprint density at radius 2 is 1.93 bits per heavy atom. The van der Waals surface area contributed by atoms with Crippen LogP contribution in [0.2, 0.25) is 0 Å². The summed E-state index contributed by atoms with van der Waals surface area (Å²) in [5.74, 6) is 0. The van der Waals surface area contributed by atoms with Gasteiger partial charge in [-0.3, -0.25) is 4.68 Å². The fraction of sp³-hybridized carbons (Fsp3) is 0.462. The number of aryl methyl sites for hydroxylation is 4. The number of hydrogen-bond donors (Lipinski definition) is 0. The maximum absolute atomic E-state index is 4.58. The molecule has 15 heavy (non-hydrogen) atoms. The number of benzene rings is 1. The van der Waals surface area contributed by atoms with Gasteiger partial charge in [-0.25, -0.2) is 0 Å². The van der Waals surface area contributed by atoms with E-state index in [4.69, 9.17) is 0 Å². The van der Waals surface area contributed by atoms with Crippen molar-refractivity contribution in [1.82, 2.24) is 9.78 Å². The van der Waals surface area contributed by atoms with Crippen molar-refractivity contribution in [2.45, 2.75) is 33.6 Å². The molecule has 2 nitrogen and oxygen atoms in total. The predicted octanol–water partition coefficient (Wildman–Crippen LogP) is 3.01. The average Bonchev–Trinajstić information content (AvgIpc) is 2.54. The van der Waals surface area contributed by atoms with Crippen LogP contribution in [0.5, 0.6) is 0 Å². The van der Waals surface area contributed by atoms with Crippen LogP contribution in [0, 0.1) is 6.92 Å². The van der Waals surface area contributed by atoms with Crippen molar-refractivity contribution in [1.29, 1.82) is 0 Å². The van der Waals surface area contributed by atoms with E-state index in [0.717, 1.165) is 18.4 Å². The second kappa shape index (κ2) is 3.69. The van der Waals surface area contributed by atoms with Crippen LogP contribution in [0.1, 0.15) is 30.7 Å². The maximum Gasteiger partial charge on any atom is 0.0955 e. The van der Waals surface area contributed by atoms with E-state index in [2.05, 4.69) is 38.0 Å². The molecule has 1 aromatic heterocycles. The molecule has 0 aliphatic carbocycles. The zero-order chi connectivity index (χ0) is 11.0. The van der Waals surface area contributed by atoms with Crippen molar-refractivity contribution in [3.8, 4) is 0 Å². The Hall–Kier alpha value is -1.31. The zero-order valence-corrected chi connectivity index (χ0v) is 9.96. The molecule has 0 saturated heterocycles. The lowest BCUT2D eigenvalue weighted by molar-refractivity contribution is 0.727.